The van der Waals surface area contributed by atoms with Crippen LogP contribution in [-0.2, 0) is 11.3 Å². The Kier molecular flexibility index (Phi) is 3.28. The average molecular weight is 212 g/mol. The van der Waals surface area contributed by atoms with Crippen molar-refractivity contribution in [3.05, 3.63) is 54.2 Å². The molecule has 0 aliphatic heterocycles. The zero-order valence-electron chi connectivity index (χ0n) is 8.76. The highest BCUT2D eigenvalue weighted by molar-refractivity contribution is 5.63. The Morgan fingerprint density at radius 1 is 1.12 bits per heavy atom. The summed E-state index contributed by atoms with van der Waals surface area (Å²) in [5.41, 5.74) is 3.04. The van der Waals surface area contributed by atoms with E-state index in [1.54, 1.807) is 6.20 Å². The number of hydrogen-bond acceptors (Lipinski definition) is 2. The first-order chi connectivity index (χ1) is 7.92. The van der Waals surface area contributed by atoms with Gasteiger partial charge < -0.3 is 5.32 Å². The number of aromatic nitrogens is 1. The summed E-state index contributed by atoms with van der Waals surface area (Å²) in [5, 5.41) is 2.67. The van der Waals surface area contributed by atoms with Gasteiger partial charge in [0.25, 0.3) is 0 Å². The molecule has 0 bridgehead atoms. The predicted octanol–water partition coefficient (Wildman–Crippen LogP) is 1.99. The van der Waals surface area contributed by atoms with Crippen molar-refractivity contribution in [2.75, 3.05) is 0 Å². The molecule has 80 valence electrons. The van der Waals surface area contributed by atoms with Crippen LogP contribution in [0.4, 0.5) is 0 Å². The minimum absolute atomic E-state index is 0.524. The second kappa shape index (κ2) is 5.07. The van der Waals surface area contributed by atoms with Crippen LogP contribution in [0.25, 0.3) is 11.3 Å². The Morgan fingerprint density at radius 2 is 1.94 bits per heavy atom. The zero-order valence-corrected chi connectivity index (χ0v) is 8.76. The van der Waals surface area contributed by atoms with E-state index in [9.17, 15) is 4.79 Å². The minimum atomic E-state index is 0.524. The van der Waals surface area contributed by atoms with Gasteiger partial charge in [0.2, 0.25) is 6.41 Å². The molecule has 0 radical (unpaired) electrons. The highest BCUT2D eigenvalue weighted by Crippen LogP contribution is 2.20. The van der Waals surface area contributed by atoms with Crippen LogP contribution in [0.3, 0.4) is 0 Å². The van der Waals surface area contributed by atoms with E-state index in [1.807, 2.05) is 42.5 Å². The summed E-state index contributed by atoms with van der Waals surface area (Å²) < 4.78 is 0. The first-order valence-corrected chi connectivity index (χ1v) is 5.08. The van der Waals surface area contributed by atoms with Gasteiger partial charge in [-0.25, -0.2) is 0 Å². The van der Waals surface area contributed by atoms with Gasteiger partial charge in [0.1, 0.15) is 0 Å². The van der Waals surface area contributed by atoms with Crippen molar-refractivity contribution in [1.82, 2.24) is 10.3 Å². The Labute approximate surface area is 94.1 Å². The third kappa shape index (κ3) is 2.25. The summed E-state index contributed by atoms with van der Waals surface area (Å²) in [5.74, 6) is 0. The van der Waals surface area contributed by atoms with Crippen LogP contribution in [0.2, 0.25) is 0 Å². The maximum Gasteiger partial charge on any atom is 0.207 e. The number of carbonyl (C=O) groups is 1. The molecule has 1 aromatic heterocycles. The molecule has 0 spiro atoms. The smallest absolute Gasteiger partial charge is 0.207 e. The maximum atomic E-state index is 10.3. The fourth-order valence-electron chi connectivity index (χ4n) is 1.60. The summed E-state index contributed by atoms with van der Waals surface area (Å²) >= 11 is 0. The lowest BCUT2D eigenvalue weighted by Gasteiger charge is -2.07. The number of amides is 1. The standard InChI is InChI=1S/C13H12N2O/c16-10-14-9-11-5-1-2-6-12(11)13-7-3-4-8-15-13/h1-8,10H,9H2,(H,14,16). The third-order valence-corrected chi connectivity index (χ3v) is 2.33. The first-order valence-electron chi connectivity index (χ1n) is 5.08. The quantitative estimate of drug-likeness (QED) is 0.787. The monoisotopic (exact) mass is 212 g/mol. The number of pyridine rings is 1. The van der Waals surface area contributed by atoms with Gasteiger partial charge in [-0.2, -0.15) is 0 Å². The second-order valence-corrected chi connectivity index (χ2v) is 3.37. The summed E-state index contributed by atoms with van der Waals surface area (Å²) in [7, 11) is 0. The van der Waals surface area contributed by atoms with Gasteiger partial charge in [0.05, 0.1) is 5.69 Å². The van der Waals surface area contributed by atoms with Crippen LogP contribution >= 0.6 is 0 Å². The molecule has 3 heteroatoms. The van der Waals surface area contributed by atoms with Crippen LogP contribution < -0.4 is 5.32 Å². The van der Waals surface area contributed by atoms with E-state index in [4.69, 9.17) is 0 Å². The van der Waals surface area contributed by atoms with E-state index in [0.717, 1.165) is 16.8 Å². The Balaban J connectivity index is 2.36. The third-order valence-electron chi connectivity index (χ3n) is 2.33. The van der Waals surface area contributed by atoms with Crippen LogP contribution in [-0.4, -0.2) is 11.4 Å². The number of benzene rings is 1. The summed E-state index contributed by atoms with van der Waals surface area (Å²) in [6, 6.07) is 13.7. The highest BCUT2D eigenvalue weighted by atomic mass is 16.1. The number of rotatable bonds is 4. The van der Waals surface area contributed by atoms with Crippen LogP contribution in [0.1, 0.15) is 5.56 Å². The SMILES string of the molecule is O=CNCc1ccccc1-c1ccccn1. The molecule has 0 aliphatic carbocycles. The molecule has 3 nitrogen and oxygen atoms in total. The maximum absolute atomic E-state index is 10.3. The van der Waals surface area contributed by atoms with Gasteiger partial charge in [-0.3, -0.25) is 9.78 Å². The molecule has 0 atom stereocenters. The molecule has 0 fully saturated rings. The second-order valence-electron chi connectivity index (χ2n) is 3.37. The number of carbonyl (C=O) groups excluding carboxylic acids is 1. The normalized spacial score (nSPS) is 9.75. The molecule has 1 heterocycles. The van der Waals surface area contributed by atoms with E-state index in [0.29, 0.717) is 13.0 Å². The van der Waals surface area contributed by atoms with Crippen molar-refractivity contribution in [3.63, 3.8) is 0 Å². The molecule has 0 saturated carbocycles. The van der Waals surface area contributed by atoms with Gasteiger partial charge >= 0.3 is 0 Å². The number of nitrogens with zero attached hydrogens (tertiary/aromatic N) is 1. The van der Waals surface area contributed by atoms with Gasteiger partial charge in [-0.1, -0.05) is 30.3 Å². The van der Waals surface area contributed by atoms with Gasteiger partial charge in [0, 0.05) is 18.3 Å². The fourth-order valence-corrected chi connectivity index (χ4v) is 1.60. The van der Waals surface area contributed by atoms with Crippen molar-refractivity contribution in [3.8, 4) is 11.3 Å². The van der Waals surface area contributed by atoms with E-state index >= 15 is 0 Å². The molecule has 1 amide bonds. The van der Waals surface area contributed by atoms with Gasteiger partial charge in [0.15, 0.2) is 0 Å². The van der Waals surface area contributed by atoms with E-state index in [2.05, 4.69) is 10.3 Å². The number of nitrogens with one attached hydrogen (secondary N) is 1. The molecular formula is C13H12N2O. The van der Waals surface area contributed by atoms with Crippen LogP contribution in [0.5, 0.6) is 0 Å². The molecule has 16 heavy (non-hydrogen) atoms. The molecule has 0 unspecified atom stereocenters. The van der Waals surface area contributed by atoms with Crippen molar-refractivity contribution in [1.29, 1.82) is 0 Å². The lowest BCUT2D eigenvalue weighted by atomic mass is 10.0. The molecule has 1 N–H and O–H groups in total. The van der Waals surface area contributed by atoms with E-state index in [1.165, 1.54) is 0 Å². The molecule has 0 aliphatic rings. The van der Waals surface area contributed by atoms with Crippen LogP contribution in [0, 0.1) is 0 Å². The van der Waals surface area contributed by atoms with Crippen molar-refractivity contribution < 1.29 is 4.79 Å². The number of hydrogen-bond donors (Lipinski definition) is 1. The van der Waals surface area contributed by atoms with Crippen LogP contribution in [0.15, 0.2) is 48.7 Å². The molecule has 1 aromatic carbocycles. The van der Waals surface area contributed by atoms with Gasteiger partial charge in [-0.05, 0) is 17.7 Å². The molecule has 2 rings (SSSR count). The Morgan fingerprint density at radius 3 is 2.69 bits per heavy atom. The Hall–Kier alpha value is -2.16. The lowest BCUT2D eigenvalue weighted by Crippen LogP contribution is -2.10. The topological polar surface area (TPSA) is 42.0 Å². The average Bonchev–Trinajstić information content (AvgIpc) is 2.38. The van der Waals surface area contributed by atoms with Crippen molar-refractivity contribution in [2.45, 2.75) is 6.54 Å². The van der Waals surface area contributed by atoms with E-state index in [-0.39, 0.29) is 0 Å². The zero-order chi connectivity index (χ0) is 11.2. The van der Waals surface area contributed by atoms with Gasteiger partial charge in [-0.15, -0.1) is 0 Å². The predicted molar refractivity (Wildman–Crippen MR) is 62.6 cm³/mol. The largest absolute Gasteiger partial charge is 0.355 e. The summed E-state index contributed by atoms with van der Waals surface area (Å²) in [6.07, 6.45) is 2.47. The summed E-state index contributed by atoms with van der Waals surface area (Å²) in [6.45, 7) is 0.524. The van der Waals surface area contributed by atoms with Crippen molar-refractivity contribution in [2.24, 2.45) is 0 Å². The molecule has 0 saturated heterocycles. The Bertz CT molecular complexity index is 468. The van der Waals surface area contributed by atoms with Crippen molar-refractivity contribution >= 4 is 6.41 Å². The molecular weight excluding hydrogens is 200 g/mol. The summed E-state index contributed by atoms with van der Waals surface area (Å²) in [4.78, 5) is 14.6. The molecule has 2 aromatic rings. The highest BCUT2D eigenvalue weighted by Gasteiger charge is 2.03. The fraction of sp³-hybridized carbons (Fsp3) is 0.0769. The van der Waals surface area contributed by atoms with E-state index < -0.39 is 0 Å². The first kappa shape index (κ1) is 10.4. The lowest BCUT2D eigenvalue weighted by molar-refractivity contribution is -0.109. The minimum Gasteiger partial charge on any atom is -0.355 e.